The molecular weight excluding hydrogens is 186 g/mol. The van der Waals surface area contributed by atoms with Gasteiger partial charge in [0.1, 0.15) is 0 Å². The van der Waals surface area contributed by atoms with Gasteiger partial charge in [0.15, 0.2) is 0 Å². The fourth-order valence-corrected chi connectivity index (χ4v) is 2.85. The summed E-state index contributed by atoms with van der Waals surface area (Å²) in [5.41, 5.74) is 0.420. The molecule has 0 aromatic carbocycles. The van der Waals surface area contributed by atoms with E-state index in [1.807, 2.05) is 0 Å². The lowest BCUT2D eigenvalue weighted by Gasteiger charge is -2.39. The summed E-state index contributed by atoms with van der Waals surface area (Å²) in [4.78, 5) is 0. The molecule has 1 rings (SSSR count). The Labute approximate surface area is 94.8 Å². The zero-order valence-electron chi connectivity index (χ0n) is 10.6. The quantitative estimate of drug-likeness (QED) is 0.732. The fourth-order valence-electron chi connectivity index (χ4n) is 2.85. The van der Waals surface area contributed by atoms with Crippen LogP contribution in [0.3, 0.4) is 0 Å². The maximum Gasteiger partial charge on any atom is 0.0534 e. The van der Waals surface area contributed by atoms with Crippen molar-refractivity contribution in [1.29, 1.82) is 0 Å². The van der Waals surface area contributed by atoms with Gasteiger partial charge in [-0.1, -0.05) is 26.7 Å². The molecule has 1 fully saturated rings. The second-order valence-corrected chi connectivity index (χ2v) is 5.07. The van der Waals surface area contributed by atoms with E-state index in [9.17, 15) is 0 Å². The van der Waals surface area contributed by atoms with Crippen molar-refractivity contribution in [1.82, 2.24) is 5.32 Å². The Balaban J connectivity index is 2.54. The molecule has 0 aliphatic carbocycles. The largest absolute Gasteiger partial charge is 0.381 e. The first kappa shape index (κ1) is 13.0. The number of rotatable bonds is 6. The molecule has 0 bridgehead atoms. The maximum absolute atomic E-state index is 5.69. The van der Waals surface area contributed by atoms with Crippen molar-refractivity contribution in [2.45, 2.75) is 46.0 Å². The Morgan fingerprint density at radius 1 is 1.33 bits per heavy atom. The Morgan fingerprint density at radius 3 is 2.53 bits per heavy atom. The summed E-state index contributed by atoms with van der Waals surface area (Å²) in [5.74, 6) is 0.875. The van der Waals surface area contributed by atoms with Crippen molar-refractivity contribution in [3.05, 3.63) is 0 Å². The van der Waals surface area contributed by atoms with Gasteiger partial charge in [-0.3, -0.25) is 0 Å². The van der Waals surface area contributed by atoms with Gasteiger partial charge in [0, 0.05) is 18.6 Å². The molecule has 1 aliphatic heterocycles. The summed E-state index contributed by atoms with van der Waals surface area (Å²) in [6.45, 7) is 7.66. The molecule has 0 aromatic rings. The van der Waals surface area contributed by atoms with Gasteiger partial charge in [-0.25, -0.2) is 0 Å². The predicted octanol–water partition coefficient (Wildman–Crippen LogP) is 2.83. The van der Waals surface area contributed by atoms with Crippen LogP contribution in [0, 0.1) is 11.3 Å². The van der Waals surface area contributed by atoms with E-state index in [0.717, 1.165) is 25.7 Å². The van der Waals surface area contributed by atoms with Gasteiger partial charge in [-0.05, 0) is 32.2 Å². The fraction of sp³-hybridized carbons (Fsp3) is 1.00. The van der Waals surface area contributed by atoms with E-state index in [4.69, 9.17) is 4.74 Å². The molecule has 0 aromatic heterocycles. The second-order valence-electron chi connectivity index (χ2n) is 5.07. The predicted molar refractivity (Wildman–Crippen MR) is 65.1 cm³/mol. The van der Waals surface area contributed by atoms with Gasteiger partial charge in [-0.15, -0.1) is 0 Å². The first-order valence-corrected chi connectivity index (χ1v) is 6.48. The van der Waals surface area contributed by atoms with Crippen LogP contribution in [-0.4, -0.2) is 26.8 Å². The van der Waals surface area contributed by atoms with Gasteiger partial charge in [-0.2, -0.15) is 0 Å². The average molecular weight is 213 g/mol. The van der Waals surface area contributed by atoms with Gasteiger partial charge in [0.05, 0.1) is 6.61 Å². The molecule has 1 heterocycles. The molecule has 0 saturated carbocycles. The summed E-state index contributed by atoms with van der Waals surface area (Å²) in [6.07, 6.45) is 6.52. The Kier molecular flexibility index (Phi) is 5.62. The van der Waals surface area contributed by atoms with E-state index in [0.29, 0.717) is 5.41 Å². The van der Waals surface area contributed by atoms with Crippen molar-refractivity contribution in [2.75, 3.05) is 26.8 Å². The van der Waals surface area contributed by atoms with Crippen LogP contribution >= 0.6 is 0 Å². The van der Waals surface area contributed by atoms with E-state index in [1.165, 1.54) is 32.1 Å². The third-order valence-corrected chi connectivity index (χ3v) is 3.83. The lowest BCUT2D eigenvalue weighted by molar-refractivity contribution is -0.0203. The van der Waals surface area contributed by atoms with E-state index in [-0.39, 0.29) is 0 Å². The minimum absolute atomic E-state index is 0.420. The van der Waals surface area contributed by atoms with Crippen LogP contribution < -0.4 is 5.32 Å². The highest BCUT2D eigenvalue weighted by Gasteiger charge is 2.33. The number of hydrogen-bond donors (Lipinski definition) is 1. The molecule has 2 heteroatoms. The summed E-state index contributed by atoms with van der Waals surface area (Å²) < 4.78 is 5.69. The second kappa shape index (κ2) is 6.49. The van der Waals surface area contributed by atoms with Crippen LogP contribution in [0.25, 0.3) is 0 Å². The molecular formula is C13H27NO. The molecule has 1 atom stereocenters. The highest BCUT2D eigenvalue weighted by atomic mass is 16.5. The van der Waals surface area contributed by atoms with Gasteiger partial charge >= 0.3 is 0 Å². The minimum atomic E-state index is 0.420. The molecule has 0 radical (unpaired) electrons. The highest BCUT2D eigenvalue weighted by Crippen LogP contribution is 2.36. The molecule has 15 heavy (non-hydrogen) atoms. The van der Waals surface area contributed by atoms with E-state index < -0.39 is 0 Å². The molecule has 1 unspecified atom stereocenters. The summed E-state index contributed by atoms with van der Waals surface area (Å²) in [7, 11) is 2.06. The van der Waals surface area contributed by atoms with Crippen LogP contribution in [0.4, 0.5) is 0 Å². The third kappa shape index (κ3) is 3.76. The monoisotopic (exact) mass is 213 g/mol. The van der Waals surface area contributed by atoms with Crippen LogP contribution in [0.1, 0.15) is 46.0 Å². The van der Waals surface area contributed by atoms with Crippen LogP contribution in [-0.2, 0) is 4.74 Å². The molecule has 2 nitrogen and oxygen atoms in total. The van der Waals surface area contributed by atoms with Crippen molar-refractivity contribution < 1.29 is 4.74 Å². The molecule has 0 spiro atoms. The Bertz CT molecular complexity index is 154. The standard InChI is InChI=1S/C13H27NO/c1-4-12(5-2)9-13(10-14-3)7-6-8-15-11-13/h12,14H,4-11H2,1-3H3. The van der Waals surface area contributed by atoms with E-state index in [1.54, 1.807) is 0 Å². The number of ether oxygens (including phenoxy) is 1. The molecule has 0 amide bonds. The lowest BCUT2D eigenvalue weighted by atomic mass is 9.74. The third-order valence-electron chi connectivity index (χ3n) is 3.83. The van der Waals surface area contributed by atoms with Gasteiger partial charge < -0.3 is 10.1 Å². The van der Waals surface area contributed by atoms with E-state index in [2.05, 4.69) is 26.2 Å². The Morgan fingerprint density at radius 2 is 2.07 bits per heavy atom. The minimum Gasteiger partial charge on any atom is -0.381 e. The lowest BCUT2D eigenvalue weighted by Crippen LogP contribution is -2.41. The smallest absolute Gasteiger partial charge is 0.0534 e. The Hall–Kier alpha value is -0.0800. The molecule has 1 aliphatic rings. The van der Waals surface area contributed by atoms with Crippen LogP contribution in [0.15, 0.2) is 0 Å². The van der Waals surface area contributed by atoms with Crippen molar-refractivity contribution in [2.24, 2.45) is 11.3 Å². The molecule has 1 saturated heterocycles. The normalized spacial score (nSPS) is 27.2. The highest BCUT2D eigenvalue weighted by molar-refractivity contribution is 4.85. The zero-order valence-corrected chi connectivity index (χ0v) is 10.6. The van der Waals surface area contributed by atoms with Gasteiger partial charge in [0.25, 0.3) is 0 Å². The van der Waals surface area contributed by atoms with Crippen molar-refractivity contribution in [3.8, 4) is 0 Å². The summed E-state index contributed by atoms with van der Waals surface area (Å²) >= 11 is 0. The topological polar surface area (TPSA) is 21.3 Å². The van der Waals surface area contributed by atoms with Crippen molar-refractivity contribution >= 4 is 0 Å². The van der Waals surface area contributed by atoms with Crippen LogP contribution in [0.2, 0.25) is 0 Å². The van der Waals surface area contributed by atoms with Crippen LogP contribution in [0.5, 0.6) is 0 Å². The zero-order chi connectivity index (χ0) is 11.1. The molecule has 1 N–H and O–H groups in total. The maximum atomic E-state index is 5.69. The van der Waals surface area contributed by atoms with E-state index >= 15 is 0 Å². The number of hydrogen-bond acceptors (Lipinski definition) is 2. The first-order valence-electron chi connectivity index (χ1n) is 6.48. The molecule has 90 valence electrons. The summed E-state index contributed by atoms with van der Waals surface area (Å²) in [5, 5.41) is 3.35. The number of nitrogens with one attached hydrogen (secondary N) is 1. The van der Waals surface area contributed by atoms with Gasteiger partial charge in [0.2, 0.25) is 0 Å². The summed E-state index contributed by atoms with van der Waals surface area (Å²) in [6, 6.07) is 0. The average Bonchev–Trinajstić information content (AvgIpc) is 2.28. The first-order chi connectivity index (χ1) is 7.26. The SMILES string of the molecule is CCC(CC)CC1(CNC)CCCOC1. The van der Waals surface area contributed by atoms with Crippen molar-refractivity contribution in [3.63, 3.8) is 0 Å².